The number of carbonyl (C=O) groups excluding carboxylic acids is 1. The Balaban J connectivity index is 1.62. The van der Waals surface area contributed by atoms with Crippen molar-refractivity contribution in [1.82, 2.24) is 14.8 Å². The number of hydrogen-bond acceptors (Lipinski definition) is 3. The summed E-state index contributed by atoms with van der Waals surface area (Å²) in [5.74, 6) is 0.104. The third kappa shape index (κ3) is 4.71. The fraction of sp³-hybridized carbons (Fsp3) is 0.500. The lowest BCUT2D eigenvalue weighted by Crippen LogP contribution is -2.49. The molecule has 134 valence electrons. The Morgan fingerprint density at radius 3 is 2.52 bits per heavy atom. The summed E-state index contributed by atoms with van der Waals surface area (Å²) in [7, 11) is 0. The van der Waals surface area contributed by atoms with Gasteiger partial charge < -0.3 is 4.90 Å². The Labute approximate surface area is 154 Å². The summed E-state index contributed by atoms with van der Waals surface area (Å²) in [4.78, 5) is 21.5. The van der Waals surface area contributed by atoms with Crippen LogP contribution < -0.4 is 0 Å². The first-order valence-corrected chi connectivity index (χ1v) is 9.28. The van der Waals surface area contributed by atoms with Crippen molar-refractivity contribution in [3.63, 3.8) is 0 Å². The Morgan fingerprint density at radius 1 is 1.12 bits per heavy atom. The lowest BCUT2D eigenvalue weighted by atomic mass is 9.92. The van der Waals surface area contributed by atoms with Crippen molar-refractivity contribution in [2.75, 3.05) is 32.7 Å². The Bertz CT molecular complexity index is 761. The number of pyridine rings is 1. The number of nitrogens with zero attached hydrogens (tertiary/aromatic N) is 3. The van der Waals surface area contributed by atoms with E-state index in [1.165, 1.54) is 6.42 Å². The molecule has 4 nitrogen and oxygen atoms in total. The molecule has 2 heterocycles. The van der Waals surface area contributed by atoms with Crippen molar-refractivity contribution >= 4 is 28.4 Å². The van der Waals surface area contributed by atoms with Crippen molar-refractivity contribution in [3.8, 4) is 0 Å². The zero-order valence-electron chi connectivity index (χ0n) is 15.3. The van der Waals surface area contributed by atoms with Crippen LogP contribution in [0.2, 0.25) is 5.15 Å². The van der Waals surface area contributed by atoms with E-state index in [0.29, 0.717) is 10.6 Å². The fourth-order valence-corrected chi connectivity index (χ4v) is 3.24. The van der Waals surface area contributed by atoms with E-state index >= 15 is 0 Å². The number of benzene rings is 1. The summed E-state index contributed by atoms with van der Waals surface area (Å²) in [5.41, 5.74) is 1.89. The van der Waals surface area contributed by atoms with Crippen molar-refractivity contribution < 1.29 is 4.79 Å². The number of halogens is 1. The van der Waals surface area contributed by atoms with Gasteiger partial charge in [-0.2, -0.15) is 0 Å². The third-order valence-corrected chi connectivity index (χ3v) is 4.95. The third-order valence-electron chi connectivity index (χ3n) is 4.74. The molecule has 0 bridgehead atoms. The zero-order chi connectivity index (χ0) is 18.0. The summed E-state index contributed by atoms with van der Waals surface area (Å²) in [6, 6.07) is 9.29. The summed E-state index contributed by atoms with van der Waals surface area (Å²) in [5, 5.41) is 1.41. The number of amides is 1. The van der Waals surface area contributed by atoms with Gasteiger partial charge in [-0.15, -0.1) is 0 Å². The second-order valence-electron chi connectivity index (χ2n) is 7.99. The van der Waals surface area contributed by atoms with Crippen molar-refractivity contribution in [1.29, 1.82) is 0 Å². The Morgan fingerprint density at radius 2 is 1.84 bits per heavy atom. The molecule has 0 unspecified atom stereocenters. The van der Waals surface area contributed by atoms with Crippen LogP contribution in [-0.4, -0.2) is 53.4 Å². The first kappa shape index (κ1) is 18.2. The molecule has 0 spiro atoms. The molecule has 0 saturated carbocycles. The zero-order valence-corrected chi connectivity index (χ0v) is 16.0. The van der Waals surface area contributed by atoms with Gasteiger partial charge in [-0.1, -0.05) is 32.4 Å². The highest BCUT2D eigenvalue weighted by Crippen LogP contribution is 2.21. The first-order chi connectivity index (χ1) is 11.8. The predicted octanol–water partition coefficient (Wildman–Crippen LogP) is 4.08. The molecule has 2 aromatic rings. The molecule has 1 aliphatic heterocycles. The van der Waals surface area contributed by atoms with E-state index in [2.05, 4.69) is 30.7 Å². The van der Waals surface area contributed by atoms with Gasteiger partial charge in [-0.05, 0) is 48.7 Å². The highest BCUT2D eigenvalue weighted by molar-refractivity contribution is 6.29. The number of piperazine rings is 1. The van der Waals surface area contributed by atoms with E-state index in [1.807, 2.05) is 29.2 Å². The molecule has 1 aromatic carbocycles. The lowest BCUT2D eigenvalue weighted by Gasteiger charge is -2.36. The highest BCUT2D eigenvalue weighted by atomic mass is 35.5. The van der Waals surface area contributed by atoms with E-state index < -0.39 is 0 Å². The van der Waals surface area contributed by atoms with Crippen molar-refractivity contribution in [2.45, 2.75) is 27.2 Å². The van der Waals surface area contributed by atoms with Crippen LogP contribution in [0.5, 0.6) is 0 Å². The minimum atomic E-state index is 0.104. The molecule has 0 aliphatic carbocycles. The average Bonchev–Trinajstić information content (AvgIpc) is 2.58. The lowest BCUT2D eigenvalue weighted by molar-refractivity contribution is 0.0623. The monoisotopic (exact) mass is 359 g/mol. The molecule has 25 heavy (non-hydrogen) atoms. The van der Waals surface area contributed by atoms with Crippen LogP contribution in [0.4, 0.5) is 0 Å². The average molecular weight is 360 g/mol. The van der Waals surface area contributed by atoms with E-state index in [9.17, 15) is 4.79 Å². The van der Waals surface area contributed by atoms with Crippen molar-refractivity contribution in [2.24, 2.45) is 5.41 Å². The molecule has 3 rings (SSSR count). The maximum absolute atomic E-state index is 12.8. The molecule has 0 N–H and O–H groups in total. The predicted molar refractivity (Wildman–Crippen MR) is 103 cm³/mol. The summed E-state index contributed by atoms with van der Waals surface area (Å²) >= 11 is 5.92. The second-order valence-corrected chi connectivity index (χ2v) is 8.37. The molecule has 1 aliphatic rings. The van der Waals surface area contributed by atoms with E-state index in [4.69, 9.17) is 11.6 Å². The molecule has 5 heteroatoms. The minimum absolute atomic E-state index is 0.104. The van der Waals surface area contributed by atoms with Gasteiger partial charge in [0, 0.05) is 37.1 Å². The fourth-order valence-electron chi connectivity index (χ4n) is 3.08. The molecule has 1 aromatic heterocycles. The largest absolute Gasteiger partial charge is 0.336 e. The standard InChI is InChI=1S/C20H26ClN3O/c1-20(2,3)8-9-23-10-12-24(13-11-23)19(25)16-4-6-17-15(14-16)5-7-18(21)22-17/h4-7,14H,8-13H2,1-3H3. The maximum Gasteiger partial charge on any atom is 0.253 e. The van der Waals surface area contributed by atoms with E-state index in [1.54, 1.807) is 6.07 Å². The molecule has 0 radical (unpaired) electrons. The van der Waals surface area contributed by atoms with Gasteiger partial charge in [-0.25, -0.2) is 4.98 Å². The van der Waals surface area contributed by atoms with Gasteiger partial charge >= 0.3 is 0 Å². The molecule has 1 fully saturated rings. The molecule has 1 saturated heterocycles. The van der Waals surface area contributed by atoms with Crippen LogP contribution in [0.25, 0.3) is 10.9 Å². The van der Waals surface area contributed by atoms with Crippen LogP contribution in [0, 0.1) is 5.41 Å². The minimum Gasteiger partial charge on any atom is -0.336 e. The summed E-state index contributed by atoms with van der Waals surface area (Å²) in [6.45, 7) is 11.4. The van der Waals surface area contributed by atoms with Gasteiger partial charge in [0.15, 0.2) is 0 Å². The van der Waals surface area contributed by atoms with Gasteiger partial charge in [0.25, 0.3) is 5.91 Å². The molecule has 0 atom stereocenters. The summed E-state index contributed by atoms with van der Waals surface area (Å²) < 4.78 is 0. The normalized spacial score (nSPS) is 16.4. The topological polar surface area (TPSA) is 36.4 Å². The van der Waals surface area contributed by atoms with Crippen LogP contribution in [0.1, 0.15) is 37.6 Å². The van der Waals surface area contributed by atoms with E-state index in [0.717, 1.165) is 49.2 Å². The number of rotatable bonds is 3. The van der Waals surface area contributed by atoms with Gasteiger partial charge in [-0.3, -0.25) is 9.69 Å². The van der Waals surface area contributed by atoms with Crippen LogP contribution >= 0.6 is 11.6 Å². The maximum atomic E-state index is 12.8. The van der Waals surface area contributed by atoms with Crippen LogP contribution in [0.15, 0.2) is 30.3 Å². The Hall–Kier alpha value is -1.65. The van der Waals surface area contributed by atoms with E-state index in [-0.39, 0.29) is 5.91 Å². The quantitative estimate of drug-likeness (QED) is 0.775. The van der Waals surface area contributed by atoms with Crippen LogP contribution in [-0.2, 0) is 0 Å². The van der Waals surface area contributed by atoms with Crippen molar-refractivity contribution in [3.05, 3.63) is 41.0 Å². The number of carbonyl (C=O) groups is 1. The number of aromatic nitrogens is 1. The number of fused-ring (bicyclic) bond motifs is 1. The Kier molecular flexibility index (Phi) is 5.30. The SMILES string of the molecule is CC(C)(C)CCN1CCN(C(=O)c2ccc3nc(Cl)ccc3c2)CC1. The van der Waals surface area contributed by atoms with Gasteiger partial charge in [0.05, 0.1) is 5.52 Å². The molecule has 1 amide bonds. The molecular weight excluding hydrogens is 334 g/mol. The smallest absolute Gasteiger partial charge is 0.253 e. The van der Waals surface area contributed by atoms with Gasteiger partial charge in [0.1, 0.15) is 5.15 Å². The second kappa shape index (κ2) is 7.30. The van der Waals surface area contributed by atoms with Crippen LogP contribution in [0.3, 0.4) is 0 Å². The highest BCUT2D eigenvalue weighted by Gasteiger charge is 2.23. The molecular formula is C20H26ClN3O. The number of hydrogen-bond donors (Lipinski definition) is 0. The summed E-state index contributed by atoms with van der Waals surface area (Å²) in [6.07, 6.45) is 1.18. The first-order valence-electron chi connectivity index (χ1n) is 8.90. The van der Waals surface area contributed by atoms with Gasteiger partial charge in [0.2, 0.25) is 0 Å².